The summed E-state index contributed by atoms with van der Waals surface area (Å²) in [6.07, 6.45) is 1.73. The van der Waals surface area contributed by atoms with E-state index in [2.05, 4.69) is 37.9 Å². The first kappa shape index (κ1) is 13.6. The van der Waals surface area contributed by atoms with Crippen molar-refractivity contribution < 1.29 is 4.79 Å². The van der Waals surface area contributed by atoms with E-state index in [0.717, 1.165) is 3.57 Å². The molecule has 0 spiro atoms. The van der Waals surface area contributed by atoms with E-state index in [0.29, 0.717) is 34.6 Å². The molecule has 1 aliphatic rings. The molecule has 3 heterocycles. The Bertz CT molecular complexity index is 707. The summed E-state index contributed by atoms with van der Waals surface area (Å²) in [6.45, 7) is 2.61. The summed E-state index contributed by atoms with van der Waals surface area (Å²) in [6, 6.07) is 5.22. The fourth-order valence-corrected chi connectivity index (χ4v) is 2.73. The molecule has 5 nitrogen and oxygen atoms in total. The van der Waals surface area contributed by atoms with E-state index in [9.17, 15) is 4.79 Å². The highest BCUT2D eigenvalue weighted by Gasteiger charge is 2.26. The van der Waals surface area contributed by atoms with Crippen molar-refractivity contribution in [1.29, 1.82) is 0 Å². The third kappa shape index (κ3) is 2.22. The second kappa shape index (κ2) is 5.17. The first-order valence-corrected chi connectivity index (χ1v) is 7.47. The molecule has 1 aliphatic heterocycles. The Morgan fingerprint density at radius 3 is 2.95 bits per heavy atom. The SMILES string of the molecule is CCN1c2nc(Cl)ccc2NC(=O)c2cc(I)cnc21. The maximum atomic E-state index is 12.3. The van der Waals surface area contributed by atoms with Crippen LogP contribution in [0.1, 0.15) is 17.3 Å². The summed E-state index contributed by atoms with van der Waals surface area (Å²) in [5.74, 6) is 1.02. The van der Waals surface area contributed by atoms with Gasteiger partial charge in [0.05, 0.1) is 11.3 Å². The maximum absolute atomic E-state index is 12.3. The first-order chi connectivity index (χ1) is 9.60. The number of nitrogens with zero attached hydrogens (tertiary/aromatic N) is 3. The highest BCUT2D eigenvalue weighted by Crippen LogP contribution is 2.36. The van der Waals surface area contributed by atoms with Gasteiger partial charge in [-0.15, -0.1) is 0 Å². The van der Waals surface area contributed by atoms with Crippen molar-refractivity contribution in [2.75, 3.05) is 16.8 Å². The van der Waals surface area contributed by atoms with Gasteiger partial charge in [0.25, 0.3) is 5.91 Å². The van der Waals surface area contributed by atoms with Gasteiger partial charge in [-0.1, -0.05) is 11.6 Å². The number of halogens is 2. The van der Waals surface area contributed by atoms with E-state index >= 15 is 0 Å². The average molecular weight is 401 g/mol. The maximum Gasteiger partial charge on any atom is 0.259 e. The van der Waals surface area contributed by atoms with Gasteiger partial charge in [-0.3, -0.25) is 4.79 Å². The molecule has 2 aromatic rings. The number of hydrogen-bond donors (Lipinski definition) is 1. The fraction of sp³-hybridized carbons (Fsp3) is 0.154. The van der Waals surface area contributed by atoms with Crippen molar-refractivity contribution in [3.05, 3.63) is 38.7 Å². The molecule has 0 fully saturated rings. The van der Waals surface area contributed by atoms with E-state index in [1.54, 1.807) is 18.3 Å². The summed E-state index contributed by atoms with van der Waals surface area (Å²) >= 11 is 8.10. The predicted octanol–water partition coefficient (Wildman–Crippen LogP) is 3.46. The Hall–Kier alpha value is -1.41. The van der Waals surface area contributed by atoms with Gasteiger partial charge < -0.3 is 10.2 Å². The smallest absolute Gasteiger partial charge is 0.259 e. The van der Waals surface area contributed by atoms with Gasteiger partial charge in [-0.05, 0) is 47.7 Å². The highest BCUT2D eigenvalue weighted by molar-refractivity contribution is 14.1. The van der Waals surface area contributed by atoms with Crippen LogP contribution in [-0.2, 0) is 0 Å². The summed E-state index contributed by atoms with van der Waals surface area (Å²) in [7, 11) is 0. The van der Waals surface area contributed by atoms with E-state index in [-0.39, 0.29) is 5.91 Å². The topological polar surface area (TPSA) is 58.1 Å². The Morgan fingerprint density at radius 1 is 1.40 bits per heavy atom. The van der Waals surface area contributed by atoms with Gasteiger partial charge in [0, 0.05) is 16.3 Å². The fourth-order valence-electron chi connectivity index (χ4n) is 2.13. The number of nitrogens with one attached hydrogen (secondary N) is 1. The summed E-state index contributed by atoms with van der Waals surface area (Å²) in [4.78, 5) is 22.9. The molecule has 102 valence electrons. The highest BCUT2D eigenvalue weighted by atomic mass is 127. The minimum atomic E-state index is -0.188. The number of anilines is 3. The zero-order valence-corrected chi connectivity index (χ0v) is 13.4. The van der Waals surface area contributed by atoms with E-state index < -0.39 is 0 Å². The molecule has 0 aliphatic carbocycles. The van der Waals surface area contributed by atoms with Crippen LogP contribution < -0.4 is 10.2 Å². The number of fused-ring (bicyclic) bond motifs is 2. The quantitative estimate of drug-likeness (QED) is 0.588. The normalized spacial score (nSPS) is 13.3. The number of aromatic nitrogens is 2. The molecule has 0 saturated carbocycles. The third-order valence-electron chi connectivity index (χ3n) is 2.99. The van der Waals surface area contributed by atoms with Gasteiger partial charge >= 0.3 is 0 Å². The Labute approximate surface area is 134 Å². The lowest BCUT2D eigenvalue weighted by molar-refractivity contribution is 0.102. The largest absolute Gasteiger partial charge is 0.319 e. The van der Waals surface area contributed by atoms with Gasteiger partial charge in [0.2, 0.25) is 0 Å². The third-order valence-corrected chi connectivity index (χ3v) is 3.80. The zero-order chi connectivity index (χ0) is 14.3. The van der Waals surface area contributed by atoms with Crippen LogP contribution in [0.5, 0.6) is 0 Å². The van der Waals surface area contributed by atoms with Crippen molar-refractivity contribution >= 4 is 57.4 Å². The summed E-state index contributed by atoms with van der Waals surface area (Å²) in [5, 5.41) is 3.23. The second-order valence-electron chi connectivity index (χ2n) is 4.23. The molecule has 20 heavy (non-hydrogen) atoms. The lowest BCUT2D eigenvalue weighted by atomic mass is 10.2. The van der Waals surface area contributed by atoms with Crippen LogP contribution in [0, 0.1) is 3.57 Å². The molecule has 0 radical (unpaired) electrons. The van der Waals surface area contributed by atoms with Gasteiger partial charge in [0.1, 0.15) is 11.0 Å². The summed E-state index contributed by atoms with van der Waals surface area (Å²) in [5.41, 5.74) is 1.17. The lowest BCUT2D eigenvalue weighted by Gasteiger charge is -2.21. The zero-order valence-electron chi connectivity index (χ0n) is 10.5. The first-order valence-electron chi connectivity index (χ1n) is 6.01. The molecule has 0 aromatic carbocycles. The molecule has 0 unspecified atom stereocenters. The molecular weight excluding hydrogens is 391 g/mol. The van der Waals surface area contributed by atoms with Crippen molar-refractivity contribution in [3.8, 4) is 0 Å². The lowest BCUT2D eigenvalue weighted by Crippen LogP contribution is -2.20. The molecular formula is C13H10ClIN4O. The van der Waals surface area contributed by atoms with Gasteiger partial charge in [-0.2, -0.15) is 0 Å². The number of amides is 1. The number of hydrogen-bond acceptors (Lipinski definition) is 4. The molecule has 1 N–H and O–H groups in total. The predicted molar refractivity (Wildman–Crippen MR) is 86.8 cm³/mol. The molecule has 0 bridgehead atoms. The number of carbonyl (C=O) groups is 1. The molecule has 1 amide bonds. The van der Waals surface area contributed by atoms with Crippen molar-refractivity contribution in [2.24, 2.45) is 0 Å². The number of rotatable bonds is 1. The number of carbonyl (C=O) groups excluding carboxylic acids is 1. The average Bonchev–Trinajstić information content (AvgIpc) is 2.53. The molecule has 2 aromatic heterocycles. The van der Waals surface area contributed by atoms with Crippen LogP contribution in [0.15, 0.2) is 24.4 Å². The van der Waals surface area contributed by atoms with E-state index in [1.807, 2.05) is 17.9 Å². The van der Waals surface area contributed by atoms with Crippen LogP contribution >= 0.6 is 34.2 Å². The van der Waals surface area contributed by atoms with Gasteiger partial charge in [0.15, 0.2) is 5.82 Å². The van der Waals surface area contributed by atoms with Gasteiger partial charge in [-0.25, -0.2) is 9.97 Å². The molecule has 0 saturated heterocycles. The van der Waals surface area contributed by atoms with Crippen LogP contribution in [0.25, 0.3) is 0 Å². The van der Waals surface area contributed by atoms with Crippen LogP contribution in [0.3, 0.4) is 0 Å². The monoisotopic (exact) mass is 400 g/mol. The van der Waals surface area contributed by atoms with E-state index in [4.69, 9.17) is 11.6 Å². The second-order valence-corrected chi connectivity index (χ2v) is 5.86. The van der Waals surface area contributed by atoms with Crippen LogP contribution in [-0.4, -0.2) is 22.4 Å². The van der Waals surface area contributed by atoms with Crippen molar-refractivity contribution in [1.82, 2.24) is 9.97 Å². The molecule has 7 heteroatoms. The minimum Gasteiger partial charge on any atom is -0.319 e. The Balaban J connectivity index is 2.27. The van der Waals surface area contributed by atoms with Crippen LogP contribution in [0.4, 0.5) is 17.3 Å². The van der Waals surface area contributed by atoms with E-state index in [1.165, 1.54) is 0 Å². The van der Waals surface area contributed by atoms with Crippen LogP contribution in [0.2, 0.25) is 5.15 Å². The van der Waals surface area contributed by atoms with Crippen molar-refractivity contribution in [3.63, 3.8) is 0 Å². The Kier molecular flexibility index (Phi) is 3.51. The minimum absolute atomic E-state index is 0.188. The number of pyridine rings is 2. The molecule has 0 atom stereocenters. The molecule has 3 rings (SSSR count). The van der Waals surface area contributed by atoms with Crippen molar-refractivity contribution in [2.45, 2.75) is 6.92 Å². The Morgan fingerprint density at radius 2 is 2.20 bits per heavy atom. The standard InChI is InChI=1S/C13H10ClIN4O/c1-2-19-11-8(5-7(15)6-16-11)13(20)17-9-3-4-10(14)18-12(9)19/h3-6H,2H2,1H3,(H,17,20). The summed E-state index contributed by atoms with van der Waals surface area (Å²) < 4.78 is 0.907.